The van der Waals surface area contributed by atoms with Crippen molar-refractivity contribution in [2.75, 3.05) is 20.3 Å². The number of hydrogen-bond donors (Lipinski definition) is 0. The lowest BCUT2D eigenvalue weighted by atomic mass is 10.4. The van der Waals surface area contributed by atoms with Gasteiger partial charge in [-0.05, 0) is 25.2 Å². The summed E-state index contributed by atoms with van der Waals surface area (Å²) in [5.74, 6) is 0.849. The van der Waals surface area contributed by atoms with E-state index < -0.39 is 0 Å². The minimum absolute atomic E-state index is 0.581. The molecule has 13 heavy (non-hydrogen) atoms. The minimum Gasteiger partial charge on any atom is -0.496 e. The highest BCUT2D eigenvalue weighted by Crippen LogP contribution is 1.94. The molecule has 0 rings (SSSR count). The van der Waals surface area contributed by atoms with E-state index in [1.807, 2.05) is 13.0 Å². The van der Waals surface area contributed by atoms with Gasteiger partial charge in [0.15, 0.2) is 0 Å². The standard InChI is InChI=1S/C11H16O2/c1-4-5-6-7-8-11(2)13-10-9-12-3/h4-5,7-8H,1,9-10H2,2-3H3/b11-8+. The van der Waals surface area contributed by atoms with Crippen molar-refractivity contribution >= 4 is 0 Å². The normalized spacial score (nSPS) is 10.2. The summed E-state index contributed by atoms with van der Waals surface area (Å²) < 4.78 is 10.1. The molecule has 0 atom stereocenters. The second kappa shape index (κ2) is 8.85. The van der Waals surface area contributed by atoms with Gasteiger partial charge in [0, 0.05) is 7.11 Å². The van der Waals surface area contributed by atoms with Crippen LogP contribution < -0.4 is 0 Å². The van der Waals surface area contributed by atoms with E-state index in [1.165, 1.54) is 0 Å². The highest BCUT2D eigenvalue weighted by atomic mass is 16.5. The fraction of sp³-hybridized carbons (Fsp3) is 0.364. The largest absolute Gasteiger partial charge is 0.496 e. The van der Waals surface area contributed by atoms with Gasteiger partial charge >= 0.3 is 0 Å². The predicted molar refractivity (Wildman–Crippen MR) is 54.4 cm³/mol. The Balaban J connectivity index is 3.74. The van der Waals surface area contributed by atoms with Gasteiger partial charge < -0.3 is 9.47 Å². The fourth-order valence-electron chi connectivity index (χ4n) is 0.623. The second-order valence-corrected chi connectivity index (χ2v) is 2.35. The van der Waals surface area contributed by atoms with E-state index in [0.29, 0.717) is 13.2 Å². The van der Waals surface area contributed by atoms with Gasteiger partial charge in [-0.2, -0.15) is 0 Å². The highest BCUT2D eigenvalue weighted by molar-refractivity contribution is 5.08. The monoisotopic (exact) mass is 180 g/mol. The van der Waals surface area contributed by atoms with E-state index in [2.05, 4.69) is 12.3 Å². The summed E-state index contributed by atoms with van der Waals surface area (Å²) in [7, 11) is 1.65. The van der Waals surface area contributed by atoms with Crippen molar-refractivity contribution in [1.82, 2.24) is 0 Å². The van der Waals surface area contributed by atoms with Crippen LogP contribution in [0.4, 0.5) is 0 Å². The average Bonchev–Trinajstić information content (AvgIpc) is 2.13. The first-order chi connectivity index (χ1) is 6.31. The van der Waals surface area contributed by atoms with E-state index in [1.54, 1.807) is 25.3 Å². The summed E-state index contributed by atoms with van der Waals surface area (Å²) in [5.41, 5.74) is 2.90. The van der Waals surface area contributed by atoms with Crippen LogP contribution in [-0.4, -0.2) is 20.3 Å². The third-order valence-corrected chi connectivity index (χ3v) is 1.25. The van der Waals surface area contributed by atoms with Crippen molar-refractivity contribution in [3.05, 3.63) is 42.4 Å². The summed E-state index contributed by atoms with van der Waals surface area (Å²) in [4.78, 5) is 0. The Morgan fingerprint density at radius 3 is 2.77 bits per heavy atom. The van der Waals surface area contributed by atoms with Crippen LogP contribution in [0.15, 0.2) is 42.4 Å². The van der Waals surface area contributed by atoms with Crippen LogP contribution in [0.1, 0.15) is 6.92 Å². The van der Waals surface area contributed by atoms with Crippen LogP contribution in [-0.2, 0) is 9.47 Å². The van der Waals surface area contributed by atoms with Crippen LogP contribution in [0.25, 0.3) is 0 Å². The van der Waals surface area contributed by atoms with Gasteiger partial charge in [-0.25, -0.2) is 0 Å². The van der Waals surface area contributed by atoms with Gasteiger partial charge in [-0.3, -0.25) is 0 Å². The Hall–Kier alpha value is -1.24. The highest BCUT2D eigenvalue weighted by Gasteiger charge is 1.86. The molecule has 0 amide bonds. The second-order valence-electron chi connectivity index (χ2n) is 2.35. The molecular formula is C11H16O2. The van der Waals surface area contributed by atoms with Gasteiger partial charge in [0.25, 0.3) is 0 Å². The van der Waals surface area contributed by atoms with E-state index in [9.17, 15) is 0 Å². The van der Waals surface area contributed by atoms with Crippen molar-refractivity contribution in [2.45, 2.75) is 6.92 Å². The topological polar surface area (TPSA) is 18.5 Å². The predicted octanol–water partition coefficient (Wildman–Crippen LogP) is 2.45. The summed E-state index contributed by atoms with van der Waals surface area (Å²) in [6, 6.07) is 0. The molecule has 0 bridgehead atoms. The molecule has 0 aliphatic rings. The van der Waals surface area contributed by atoms with Gasteiger partial charge in [0.1, 0.15) is 6.61 Å². The molecule has 2 heteroatoms. The molecule has 0 spiro atoms. The fourth-order valence-corrected chi connectivity index (χ4v) is 0.623. The smallest absolute Gasteiger partial charge is 0.111 e. The molecule has 0 N–H and O–H groups in total. The Labute approximate surface area is 79.9 Å². The molecule has 0 unspecified atom stereocenters. The molecule has 0 radical (unpaired) electrons. The molecule has 0 fully saturated rings. The first kappa shape index (κ1) is 11.8. The van der Waals surface area contributed by atoms with Crippen molar-refractivity contribution in [3.8, 4) is 0 Å². The molecule has 0 aromatic rings. The number of methoxy groups -OCH3 is 1. The molecule has 0 saturated carbocycles. The molecule has 0 aliphatic carbocycles. The van der Waals surface area contributed by atoms with E-state index in [-0.39, 0.29) is 0 Å². The molecule has 0 aliphatic heterocycles. The Morgan fingerprint density at radius 2 is 2.15 bits per heavy atom. The van der Waals surface area contributed by atoms with Crippen LogP contribution in [0.5, 0.6) is 0 Å². The third kappa shape index (κ3) is 8.67. The van der Waals surface area contributed by atoms with Gasteiger partial charge in [0.2, 0.25) is 0 Å². The summed E-state index contributed by atoms with van der Waals surface area (Å²) in [6.07, 6.45) is 7.03. The maximum absolute atomic E-state index is 5.29. The van der Waals surface area contributed by atoms with Gasteiger partial charge in [-0.15, -0.1) is 5.73 Å². The van der Waals surface area contributed by atoms with Crippen molar-refractivity contribution in [1.29, 1.82) is 0 Å². The zero-order valence-electron chi connectivity index (χ0n) is 8.25. The lowest BCUT2D eigenvalue weighted by Crippen LogP contribution is -1.99. The van der Waals surface area contributed by atoms with Crippen molar-refractivity contribution in [2.24, 2.45) is 0 Å². The van der Waals surface area contributed by atoms with Crippen molar-refractivity contribution in [3.63, 3.8) is 0 Å². The summed E-state index contributed by atoms with van der Waals surface area (Å²) in [5, 5.41) is 0. The van der Waals surface area contributed by atoms with E-state index >= 15 is 0 Å². The Kier molecular flexibility index (Phi) is 8.01. The lowest BCUT2D eigenvalue weighted by Gasteiger charge is -2.03. The van der Waals surface area contributed by atoms with Gasteiger partial charge in [-0.1, -0.05) is 12.7 Å². The number of ether oxygens (including phenoxy) is 2. The molecular weight excluding hydrogens is 164 g/mol. The third-order valence-electron chi connectivity index (χ3n) is 1.25. The minimum atomic E-state index is 0.581. The molecule has 72 valence electrons. The zero-order valence-corrected chi connectivity index (χ0v) is 8.25. The first-order valence-corrected chi connectivity index (χ1v) is 4.13. The van der Waals surface area contributed by atoms with E-state index in [4.69, 9.17) is 9.47 Å². The van der Waals surface area contributed by atoms with Crippen LogP contribution in [0.2, 0.25) is 0 Å². The van der Waals surface area contributed by atoms with Crippen LogP contribution in [0, 0.1) is 0 Å². The average molecular weight is 180 g/mol. The molecule has 0 aromatic heterocycles. The summed E-state index contributed by atoms with van der Waals surface area (Å²) in [6.45, 7) is 6.61. The Morgan fingerprint density at radius 1 is 1.38 bits per heavy atom. The zero-order chi connectivity index (χ0) is 9.94. The number of hydrogen-bond acceptors (Lipinski definition) is 2. The molecule has 2 nitrogen and oxygen atoms in total. The quantitative estimate of drug-likeness (QED) is 0.270. The van der Waals surface area contributed by atoms with Crippen molar-refractivity contribution < 1.29 is 9.47 Å². The summed E-state index contributed by atoms with van der Waals surface area (Å²) >= 11 is 0. The Bertz CT molecular complexity index is 220. The molecule has 0 aromatic carbocycles. The van der Waals surface area contributed by atoms with Gasteiger partial charge in [0.05, 0.1) is 12.4 Å². The lowest BCUT2D eigenvalue weighted by molar-refractivity contribution is 0.110. The SMILES string of the molecule is C=CC=C=C/C=C(\C)OCCOC. The van der Waals surface area contributed by atoms with Crippen LogP contribution >= 0.6 is 0 Å². The first-order valence-electron chi connectivity index (χ1n) is 4.13. The van der Waals surface area contributed by atoms with Crippen LogP contribution in [0.3, 0.4) is 0 Å². The maximum Gasteiger partial charge on any atom is 0.111 e. The molecule has 0 heterocycles. The number of rotatable bonds is 6. The molecule has 0 saturated heterocycles. The van der Waals surface area contributed by atoms with E-state index in [0.717, 1.165) is 5.76 Å². The number of allylic oxidation sites excluding steroid dienone is 4. The maximum atomic E-state index is 5.29.